The molecule has 1 aromatic carbocycles. The molecule has 2 aliphatic heterocycles. The van der Waals surface area contributed by atoms with E-state index in [0.717, 1.165) is 29.7 Å². The Morgan fingerprint density at radius 1 is 0.944 bits per heavy atom. The zero-order valence-electron chi connectivity index (χ0n) is 20.7. The molecule has 36 heavy (non-hydrogen) atoms. The number of hydrogen-bond donors (Lipinski definition) is 0. The summed E-state index contributed by atoms with van der Waals surface area (Å²) in [6.45, 7) is 7.09. The molecule has 0 N–H and O–H groups in total. The Morgan fingerprint density at radius 3 is 2.56 bits per heavy atom. The van der Waals surface area contributed by atoms with Gasteiger partial charge in [-0.2, -0.15) is 9.97 Å². The highest BCUT2D eigenvalue weighted by Gasteiger charge is 2.28. The first-order valence-corrected chi connectivity index (χ1v) is 12.6. The molecule has 0 aliphatic carbocycles. The Kier molecular flexibility index (Phi) is 6.02. The number of benzene rings is 1. The Balaban J connectivity index is 1.54. The van der Waals surface area contributed by atoms with Crippen molar-refractivity contribution in [3.05, 3.63) is 35.9 Å². The molecule has 6 rings (SSSR count). The molecule has 0 unspecified atom stereocenters. The number of carbonyl (C=O) groups excluding carboxylic acids is 1. The van der Waals surface area contributed by atoms with Crippen LogP contribution in [0.15, 0.2) is 24.3 Å². The van der Waals surface area contributed by atoms with Gasteiger partial charge in [-0.15, -0.1) is 0 Å². The second-order valence-electron chi connectivity index (χ2n) is 9.08. The highest BCUT2D eigenvalue weighted by Crippen LogP contribution is 2.28. The third kappa shape index (κ3) is 3.88. The SMILES string of the molecule is CCc1nc2ccccc2n1-c1nc(N2CCOCC2)c2nc(C(=O)N3CCCOCC3)n(C)c2n1. The van der Waals surface area contributed by atoms with E-state index in [-0.39, 0.29) is 5.91 Å². The van der Waals surface area contributed by atoms with Gasteiger partial charge in [0, 0.05) is 46.3 Å². The fraction of sp³-hybridized carbons (Fsp3) is 0.480. The standard InChI is InChI=1S/C25H30N8O3/c1-3-19-26-17-7-4-5-8-18(17)33(19)25-28-21-20(22(29-25)31-10-14-36-15-11-31)27-23(30(21)2)24(34)32-9-6-13-35-16-12-32/h4-5,7-8H,3,6,9-16H2,1-2H3. The molecular weight excluding hydrogens is 460 g/mol. The minimum absolute atomic E-state index is 0.113. The molecule has 0 atom stereocenters. The zero-order chi connectivity index (χ0) is 24.6. The van der Waals surface area contributed by atoms with Crippen molar-refractivity contribution in [3.8, 4) is 5.95 Å². The van der Waals surface area contributed by atoms with Crippen molar-refractivity contribution in [2.24, 2.45) is 7.05 Å². The third-order valence-corrected chi connectivity index (χ3v) is 6.85. The van der Waals surface area contributed by atoms with E-state index in [2.05, 4.69) is 11.8 Å². The number of aromatic nitrogens is 6. The number of rotatable bonds is 4. The number of amides is 1. The van der Waals surface area contributed by atoms with Gasteiger partial charge in [-0.25, -0.2) is 9.97 Å². The number of hydrogen-bond acceptors (Lipinski definition) is 8. The molecule has 11 nitrogen and oxygen atoms in total. The number of carbonyl (C=O) groups is 1. The highest BCUT2D eigenvalue weighted by atomic mass is 16.5. The summed E-state index contributed by atoms with van der Waals surface area (Å²) in [5.74, 6) is 2.37. The van der Waals surface area contributed by atoms with Gasteiger partial charge in [-0.1, -0.05) is 19.1 Å². The van der Waals surface area contributed by atoms with Crippen LogP contribution in [-0.2, 0) is 22.9 Å². The molecule has 2 aliphatic rings. The van der Waals surface area contributed by atoms with Crippen molar-refractivity contribution in [2.75, 3.05) is 57.5 Å². The summed E-state index contributed by atoms with van der Waals surface area (Å²) in [5.41, 5.74) is 3.09. The van der Waals surface area contributed by atoms with Gasteiger partial charge in [0.15, 0.2) is 17.0 Å². The van der Waals surface area contributed by atoms with Gasteiger partial charge in [0.05, 0.1) is 30.9 Å². The number of para-hydroxylation sites is 2. The van der Waals surface area contributed by atoms with Gasteiger partial charge in [0.1, 0.15) is 5.82 Å². The first-order valence-electron chi connectivity index (χ1n) is 12.6. The molecule has 2 saturated heterocycles. The summed E-state index contributed by atoms with van der Waals surface area (Å²) in [6.07, 6.45) is 1.54. The van der Waals surface area contributed by atoms with E-state index >= 15 is 0 Å². The van der Waals surface area contributed by atoms with Crippen molar-refractivity contribution in [1.82, 2.24) is 34.0 Å². The quantitative estimate of drug-likeness (QED) is 0.428. The van der Waals surface area contributed by atoms with E-state index in [4.69, 9.17) is 29.4 Å². The zero-order valence-corrected chi connectivity index (χ0v) is 20.7. The van der Waals surface area contributed by atoms with Crippen LogP contribution in [0.1, 0.15) is 29.8 Å². The molecule has 11 heteroatoms. The first kappa shape index (κ1) is 22.9. The molecule has 0 saturated carbocycles. The lowest BCUT2D eigenvalue weighted by Gasteiger charge is -2.28. The van der Waals surface area contributed by atoms with Crippen molar-refractivity contribution in [3.63, 3.8) is 0 Å². The Morgan fingerprint density at radius 2 is 1.72 bits per heavy atom. The van der Waals surface area contributed by atoms with Crippen LogP contribution in [0.2, 0.25) is 0 Å². The van der Waals surface area contributed by atoms with Crippen LogP contribution in [-0.4, -0.2) is 92.5 Å². The Hall–Kier alpha value is -3.57. The van der Waals surface area contributed by atoms with Gasteiger partial charge in [-0.3, -0.25) is 9.36 Å². The summed E-state index contributed by atoms with van der Waals surface area (Å²) >= 11 is 0. The number of imidazole rings is 2. The summed E-state index contributed by atoms with van der Waals surface area (Å²) in [4.78, 5) is 37.1. The lowest BCUT2D eigenvalue weighted by atomic mass is 10.3. The van der Waals surface area contributed by atoms with Gasteiger partial charge >= 0.3 is 0 Å². The summed E-state index contributed by atoms with van der Waals surface area (Å²) in [7, 11) is 1.85. The maximum absolute atomic E-state index is 13.5. The van der Waals surface area contributed by atoms with E-state index in [1.165, 1.54) is 0 Å². The van der Waals surface area contributed by atoms with Gasteiger partial charge in [0.25, 0.3) is 5.91 Å². The maximum Gasteiger partial charge on any atom is 0.290 e. The van der Waals surface area contributed by atoms with Gasteiger partial charge in [-0.05, 0) is 18.6 Å². The molecule has 3 aromatic heterocycles. The molecule has 0 spiro atoms. The van der Waals surface area contributed by atoms with Crippen molar-refractivity contribution in [1.29, 1.82) is 0 Å². The molecule has 0 radical (unpaired) electrons. The third-order valence-electron chi connectivity index (χ3n) is 6.85. The summed E-state index contributed by atoms with van der Waals surface area (Å²) in [5, 5.41) is 0. The number of aryl methyl sites for hydroxylation is 2. The average molecular weight is 491 g/mol. The Labute approximate surface area is 208 Å². The first-order chi connectivity index (χ1) is 17.7. The topological polar surface area (TPSA) is 103 Å². The second kappa shape index (κ2) is 9.47. The van der Waals surface area contributed by atoms with Crippen molar-refractivity contribution < 1.29 is 14.3 Å². The molecular formula is C25H30N8O3. The van der Waals surface area contributed by atoms with E-state index in [0.29, 0.717) is 81.4 Å². The number of ether oxygens (including phenoxy) is 2. The van der Waals surface area contributed by atoms with Crippen molar-refractivity contribution >= 4 is 33.9 Å². The number of fused-ring (bicyclic) bond motifs is 2. The molecule has 5 heterocycles. The lowest BCUT2D eigenvalue weighted by Crippen LogP contribution is -2.37. The average Bonchev–Trinajstić information content (AvgIpc) is 3.32. The number of anilines is 1. The van der Waals surface area contributed by atoms with Crippen LogP contribution in [0.3, 0.4) is 0 Å². The fourth-order valence-corrected chi connectivity index (χ4v) is 4.95. The van der Waals surface area contributed by atoms with E-state index in [1.807, 2.05) is 40.8 Å². The van der Waals surface area contributed by atoms with Crippen molar-refractivity contribution in [2.45, 2.75) is 19.8 Å². The largest absolute Gasteiger partial charge is 0.380 e. The minimum atomic E-state index is -0.113. The van der Waals surface area contributed by atoms with Crippen LogP contribution in [0.25, 0.3) is 28.1 Å². The molecule has 1 amide bonds. The van der Waals surface area contributed by atoms with E-state index < -0.39 is 0 Å². The summed E-state index contributed by atoms with van der Waals surface area (Å²) in [6, 6.07) is 8.00. The van der Waals surface area contributed by atoms with E-state index in [1.54, 1.807) is 4.57 Å². The monoisotopic (exact) mass is 490 g/mol. The molecule has 2 fully saturated rings. The predicted octanol–water partition coefficient (Wildman–Crippen LogP) is 1.96. The van der Waals surface area contributed by atoms with Gasteiger partial charge in [0.2, 0.25) is 11.8 Å². The predicted molar refractivity (Wildman–Crippen MR) is 135 cm³/mol. The second-order valence-corrected chi connectivity index (χ2v) is 9.08. The minimum Gasteiger partial charge on any atom is -0.380 e. The van der Waals surface area contributed by atoms with Crippen LogP contribution in [0.5, 0.6) is 0 Å². The number of morpholine rings is 1. The van der Waals surface area contributed by atoms with Crippen LogP contribution >= 0.6 is 0 Å². The normalized spacial score (nSPS) is 17.2. The van der Waals surface area contributed by atoms with Crippen LogP contribution in [0.4, 0.5) is 5.82 Å². The molecule has 0 bridgehead atoms. The fourth-order valence-electron chi connectivity index (χ4n) is 4.95. The Bertz CT molecular complexity index is 1410. The van der Waals surface area contributed by atoms with E-state index in [9.17, 15) is 4.79 Å². The lowest BCUT2D eigenvalue weighted by molar-refractivity contribution is 0.0726. The molecule has 4 aromatic rings. The molecule has 188 valence electrons. The highest BCUT2D eigenvalue weighted by molar-refractivity contribution is 5.96. The van der Waals surface area contributed by atoms with Crippen LogP contribution in [0, 0.1) is 0 Å². The maximum atomic E-state index is 13.5. The number of nitrogens with zero attached hydrogens (tertiary/aromatic N) is 8. The smallest absolute Gasteiger partial charge is 0.290 e. The van der Waals surface area contributed by atoms with Gasteiger partial charge < -0.3 is 23.8 Å². The summed E-state index contributed by atoms with van der Waals surface area (Å²) < 4.78 is 14.9. The van der Waals surface area contributed by atoms with Crippen LogP contribution < -0.4 is 4.90 Å².